The van der Waals surface area contributed by atoms with Gasteiger partial charge in [-0.1, -0.05) is 0 Å². The van der Waals surface area contributed by atoms with Gasteiger partial charge in [-0.05, 0) is 18.2 Å². The van der Waals surface area contributed by atoms with Crippen molar-refractivity contribution < 1.29 is 4.74 Å². The van der Waals surface area contributed by atoms with Gasteiger partial charge in [0.15, 0.2) is 0 Å². The molecule has 0 N–H and O–H groups in total. The third-order valence-corrected chi connectivity index (χ3v) is 2.14. The van der Waals surface area contributed by atoms with Gasteiger partial charge < -0.3 is 4.74 Å². The Kier molecular flexibility index (Phi) is 2.41. The number of thiol groups is 1. The summed E-state index contributed by atoms with van der Waals surface area (Å²) in [5, 5.41) is 7.47. The second-order valence-corrected chi connectivity index (χ2v) is 3.24. The minimum atomic E-state index is 0.766. The molecule has 0 aliphatic heterocycles. The molecule has 1 aromatic heterocycles. The van der Waals surface area contributed by atoms with Gasteiger partial charge in [-0.25, -0.2) is 0 Å². The van der Waals surface area contributed by atoms with Crippen LogP contribution in [0, 0.1) is 0 Å². The highest BCUT2D eigenvalue weighted by Crippen LogP contribution is 2.24. The fourth-order valence-corrected chi connectivity index (χ4v) is 1.40. The maximum absolute atomic E-state index is 5.21. The van der Waals surface area contributed by atoms with E-state index in [9.17, 15) is 0 Å². The van der Waals surface area contributed by atoms with Crippen LogP contribution < -0.4 is 4.74 Å². The number of hydrogen-bond acceptors (Lipinski definition) is 4. The average Bonchev–Trinajstić information content (AvgIpc) is 2.70. The van der Waals surface area contributed by atoms with Gasteiger partial charge in [-0.15, -0.1) is 22.8 Å². The molecule has 0 fully saturated rings. The van der Waals surface area contributed by atoms with E-state index >= 15 is 0 Å². The van der Waals surface area contributed by atoms with Crippen LogP contribution in [0.15, 0.2) is 35.7 Å². The lowest BCUT2D eigenvalue weighted by atomic mass is 10.3. The van der Waals surface area contributed by atoms with E-state index in [1.165, 1.54) is 0 Å². The van der Waals surface area contributed by atoms with Gasteiger partial charge in [0.2, 0.25) is 0 Å². The van der Waals surface area contributed by atoms with E-state index in [0.717, 1.165) is 16.3 Å². The summed E-state index contributed by atoms with van der Waals surface area (Å²) in [5.74, 6) is 0.766. The van der Waals surface area contributed by atoms with Crippen molar-refractivity contribution in [2.75, 3.05) is 7.11 Å². The van der Waals surface area contributed by atoms with Crippen LogP contribution in [0.2, 0.25) is 0 Å². The second kappa shape index (κ2) is 3.71. The van der Waals surface area contributed by atoms with Gasteiger partial charge in [0, 0.05) is 4.90 Å². The minimum Gasteiger partial charge on any atom is -0.495 e. The maximum atomic E-state index is 5.21. The lowest BCUT2D eigenvalue weighted by Gasteiger charge is -2.08. The molecule has 0 amide bonds. The first kappa shape index (κ1) is 9.08. The molecule has 14 heavy (non-hydrogen) atoms. The molecule has 2 rings (SSSR count). The predicted octanol–water partition coefficient (Wildman–Crippen LogP) is 1.56. The van der Waals surface area contributed by atoms with Crippen molar-refractivity contribution in [1.29, 1.82) is 0 Å². The maximum Gasteiger partial charge on any atom is 0.143 e. The van der Waals surface area contributed by atoms with E-state index in [-0.39, 0.29) is 0 Å². The standard InChI is InChI=1S/C9H9N3OS/c1-13-9-3-2-7(14)4-8(9)12-5-10-11-6-12/h2-6,14H,1H3. The van der Waals surface area contributed by atoms with Gasteiger partial charge in [-0.2, -0.15) is 0 Å². The first-order valence-electron chi connectivity index (χ1n) is 4.03. The Hall–Kier alpha value is -1.49. The zero-order chi connectivity index (χ0) is 9.97. The van der Waals surface area contributed by atoms with E-state index in [2.05, 4.69) is 22.8 Å². The zero-order valence-electron chi connectivity index (χ0n) is 7.58. The molecule has 0 spiro atoms. The largest absolute Gasteiger partial charge is 0.495 e. The second-order valence-electron chi connectivity index (χ2n) is 2.73. The highest BCUT2D eigenvalue weighted by molar-refractivity contribution is 7.80. The number of benzene rings is 1. The van der Waals surface area contributed by atoms with E-state index in [4.69, 9.17) is 4.74 Å². The van der Waals surface area contributed by atoms with Crippen molar-refractivity contribution >= 4 is 12.6 Å². The SMILES string of the molecule is COc1ccc(S)cc1-n1cnnc1. The molecular formula is C9H9N3OS. The molecular weight excluding hydrogens is 198 g/mol. The van der Waals surface area contributed by atoms with Crippen molar-refractivity contribution in [1.82, 2.24) is 14.8 Å². The summed E-state index contributed by atoms with van der Waals surface area (Å²) >= 11 is 4.26. The highest BCUT2D eigenvalue weighted by Gasteiger charge is 2.04. The van der Waals surface area contributed by atoms with E-state index in [0.29, 0.717) is 0 Å². The number of aromatic nitrogens is 3. The van der Waals surface area contributed by atoms with Crippen molar-refractivity contribution in [3.05, 3.63) is 30.9 Å². The number of ether oxygens (including phenoxy) is 1. The summed E-state index contributed by atoms with van der Waals surface area (Å²) in [6, 6.07) is 5.62. The summed E-state index contributed by atoms with van der Waals surface area (Å²) in [4.78, 5) is 0.870. The Morgan fingerprint density at radius 3 is 2.64 bits per heavy atom. The van der Waals surface area contributed by atoms with Gasteiger partial charge in [-0.3, -0.25) is 4.57 Å². The molecule has 0 saturated carbocycles. The van der Waals surface area contributed by atoms with Crippen molar-refractivity contribution in [3.63, 3.8) is 0 Å². The topological polar surface area (TPSA) is 39.9 Å². The van der Waals surface area contributed by atoms with Gasteiger partial charge in [0.1, 0.15) is 18.4 Å². The van der Waals surface area contributed by atoms with Crippen LogP contribution in [-0.2, 0) is 0 Å². The first-order valence-corrected chi connectivity index (χ1v) is 4.48. The molecule has 5 heteroatoms. The van der Waals surface area contributed by atoms with Crippen molar-refractivity contribution in [2.45, 2.75) is 4.90 Å². The summed E-state index contributed by atoms with van der Waals surface area (Å²) in [6.07, 6.45) is 3.23. The van der Waals surface area contributed by atoms with E-state index in [1.807, 2.05) is 18.2 Å². The Morgan fingerprint density at radius 1 is 1.29 bits per heavy atom. The third kappa shape index (κ3) is 1.58. The molecule has 1 heterocycles. The monoisotopic (exact) mass is 207 g/mol. The van der Waals surface area contributed by atoms with E-state index < -0.39 is 0 Å². The summed E-state index contributed by atoms with van der Waals surface area (Å²) in [7, 11) is 1.63. The lowest BCUT2D eigenvalue weighted by molar-refractivity contribution is 0.412. The van der Waals surface area contributed by atoms with Crippen LogP contribution in [0.3, 0.4) is 0 Å². The summed E-state index contributed by atoms with van der Waals surface area (Å²) < 4.78 is 6.99. The minimum absolute atomic E-state index is 0.766. The Bertz CT molecular complexity index is 428. The van der Waals surface area contributed by atoms with Crippen LogP contribution in [0.25, 0.3) is 5.69 Å². The molecule has 0 aliphatic carbocycles. The number of hydrogen-bond donors (Lipinski definition) is 1. The van der Waals surface area contributed by atoms with Crippen LogP contribution in [0.5, 0.6) is 5.75 Å². The van der Waals surface area contributed by atoms with Crippen molar-refractivity contribution in [3.8, 4) is 11.4 Å². The third-order valence-electron chi connectivity index (χ3n) is 1.86. The van der Waals surface area contributed by atoms with Gasteiger partial charge in [0.25, 0.3) is 0 Å². The average molecular weight is 207 g/mol. The molecule has 0 bridgehead atoms. The molecule has 0 aliphatic rings. The summed E-state index contributed by atoms with van der Waals surface area (Å²) in [6.45, 7) is 0. The Morgan fingerprint density at radius 2 is 2.00 bits per heavy atom. The lowest BCUT2D eigenvalue weighted by Crippen LogP contribution is -1.95. The zero-order valence-corrected chi connectivity index (χ0v) is 8.48. The molecule has 0 atom stereocenters. The smallest absolute Gasteiger partial charge is 0.143 e. The predicted molar refractivity (Wildman–Crippen MR) is 55.2 cm³/mol. The number of methoxy groups -OCH3 is 1. The van der Waals surface area contributed by atoms with Crippen LogP contribution in [-0.4, -0.2) is 21.9 Å². The Balaban J connectivity index is 2.55. The van der Waals surface area contributed by atoms with Crippen LogP contribution >= 0.6 is 12.6 Å². The van der Waals surface area contributed by atoms with Gasteiger partial charge in [0.05, 0.1) is 12.8 Å². The molecule has 2 aromatic rings. The van der Waals surface area contributed by atoms with Crippen LogP contribution in [0.4, 0.5) is 0 Å². The molecule has 1 aromatic carbocycles. The quantitative estimate of drug-likeness (QED) is 0.760. The molecule has 72 valence electrons. The van der Waals surface area contributed by atoms with Crippen LogP contribution in [0.1, 0.15) is 0 Å². The molecule has 0 unspecified atom stereocenters. The van der Waals surface area contributed by atoms with Crippen molar-refractivity contribution in [2.24, 2.45) is 0 Å². The normalized spacial score (nSPS) is 10.1. The molecule has 0 radical (unpaired) electrons. The molecule has 4 nitrogen and oxygen atoms in total. The fourth-order valence-electron chi connectivity index (χ4n) is 1.21. The summed E-state index contributed by atoms with van der Waals surface area (Å²) in [5.41, 5.74) is 0.880. The highest BCUT2D eigenvalue weighted by atomic mass is 32.1. The molecule has 0 saturated heterocycles. The number of rotatable bonds is 2. The first-order chi connectivity index (χ1) is 6.81. The number of nitrogens with zero attached hydrogens (tertiary/aromatic N) is 3. The van der Waals surface area contributed by atoms with E-state index in [1.54, 1.807) is 24.3 Å². The Labute approximate surface area is 86.9 Å². The fraction of sp³-hybridized carbons (Fsp3) is 0.111. The van der Waals surface area contributed by atoms with Gasteiger partial charge >= 0.3 is 0 Å².